The van der Waals surface area contributed by atoms with Gasteiger partial charge < -0.3 is 14.5 Å². The molecule has 4 aromatic carbocycles. The fourth-order valence-electron chi connectivity index (χ4n) is 7.16. The highest BCUT2D eigenvalue weighted by atomic mass is 16.5. The average molecular weight is 679 g/mol. The van der Waals surface area contributed by atoms with Crippen LogP contribution in [0.5, 0.6) is 11.5 Å². The second-order valence-electron chi connectivity index (χ2n) is 18.4. The van der Waals surface area contributed by atoms with Crippen LogP contribution in [0.1, 0.15) is 99.8 Å². The number of pyridine rings is 1. The molecule has 5 heteroatoms. The molecule has 0 fully saturated rings. The highest BCUT2D eigenvalue weighted by Crippen LogP contribution is 2.46. The highest BCUT2D eigenvalue weighted by molar-refractivity contribution is 6.09. The Labute approximate surface area is 304 Å². The molecule has 5 nitrogen and oxygen atoms in total. The molecule has 264 valence electrons. The lowest BCUT2D eigenvalue weighted by Gasteiger charge is -2.34. The SMILES string of the molecule is CC(C)(C)c1cc(Oc2ccc3c4cc(C(C)(C)C)ccc4n(-c4cc(C(C)(C)C)ccn4)c3c2)cc(N2CN(C(C)(C)C)c3ccccc32)c1. The minimum atomic E-state index is -0.0675. The van der Waals surface area contributed by atoms with Gasteiger partial charge in [0.2, 0.25) is 0 Å². The van der Waals surface area contributed by atoms with Crippen molar-refractivity contribution < 1.29 is 4.74 Å². The number of ether oxygens (including phenoxy) is 1. The fraction of sp³-hybridized carbons (Fsp3) is 0.370. The third-order valence-corrected chi connectivity index (χ3v) is 10.3. The molecule has 0 spiro atoms. The molecule has 7 rings (SSSR count). The van der Waals surface area contributed by atoms with Crippen LogP contribution in [0.4, 0.5) is 17.1 Å². The van der Waals surface area contributed by atoms with Crippen molar-refractivity contribution in [3.05, 3.63) is 114 Å². The number of aromatic nitrogens is 2. The Morgan fingerprint density at radius 2 is 1.22 bits per heavy atom. The molecule has 0 saturated carbocycles. The normalized spacial score (nSPS) is 14.1. The lowest BCUT2D eigenvalue weighted by Crippen LogP contribution is -2.42. The van der Waals surface area contributed by atoms with Gasteiger partial charge in [-0.05, 0) is 114 Å². The molecule has 1 aliphatic rings. The molecule has 0 aliphatic carbocycles. The van der Waals surface area contributed by atoms with Crippen LogP contribution in [0.25, 0.3) is 27.6 Å². The summed E-state index contributed by atoms with van der Waals surface area (Å²) in [6.07, 6.45) is 1.94. The zero-order valence-electron chi connectivity index (χ0n) is 32.6. The molecule has 3 heterocycles. The van der Waals surface area contributed by atoms with E-state index < -0.39 is 0 Å². The third-order valence-electron chi connectivity index (χ3n) is 10.3. The molecule has 0 N–H and O–H groups in total. The van der Waals surface area contributed by atoms with Gasteiger partial charge in [0, 0.05) is 40.3 Å². The molecule has 0 amide bonds. The number of rotatable bonds is 4. The van der Waals surface area contributed by atoms with E-state index in [-0.39, 0.29) is 21.8 Å². The summed E-state index contributed by atoms with van der Waals surface area (Å²) in [4.78, 5) is 9.83. The molecule has 6 aromatic rings. The predicted octanol–water partition coefficient (Wildman–Crippen LogP) is 12.6. The summed E-state index contributed by atoms with van der Waals surface area (Å²) < 4.78 is 9.18. The third kappa shape index (κ3) is 6.48. The number of para-hydroxylation sites is 2. The smallest absolute Gasteiger partial charge is 0.137 e. The minimum absolute atomic E-state index is 0.000326. The lowest BCUT2D eigenvalue weighted by molar-refractivity contribution is 0.479. The van der Waals surface area contributed by atoms with E-state index in [1.54, 1.807) is 0 Å². The van der Waals surface area contributed by atoms with Gasteiger partial charge >= 0.3 is 0 Å². The maximum atomic E-state index is 6.87. The quantitative estimate of drug-likeness (QED) is 0.186. The van der Waals surface area contributed by atoms with E-state index in [1.807, 2.05) is 6.20 Å². The number of anilines is 3. The first-order valence-corrected chi connectivity index (χ1v) is 18.3. The lowest BCUT2D eigenvalue weighted by atomic mass is 9.86. The Hall–Kier alpha value is -4.77. The summed E-state index contributed by atoms with van der Waals surface area (Å²) in [7, 11) is 0. The summed E-state index contributed by atoms with van der Waals surface area (Å²) in [6, 6.07) is 33.2. The first kappa shape index (κ1) is 34.7. The van der Waals surface area contributed by atoms with Crippen LogP contribution in [0.3, 0.4) is 0 Å². The molecular formula is C46H54N4O. The van der Waals surface area contributed by atoms with Gasteiger partial charge in [-0.2, -0.15) is 0 Å². The Bertz CT molecular complexity index is 2270. The van der Waals surface area contributed by atoms with Crippen LogP contribution in [0, 0.1) is 0 Å². The van der Waals surface area contributed by atoms with E-state index >= 15 is 0 Å². The van der Waals surface area contributed by atoms with Gasteiger partial charge in [0.05, 0.1) is 29.1 Å². The highest BCUT2D eigenvalue weighted by Gasteiger charge is 2.34. The maximum absolute atomic E-state index is 6.87. The van der Waals surface area contributed by atoms with E-state index in [0.29, 0.717) is 0 Å². The monoisotopic (exact) mass is 678 g/mol. The average Bonchev–Trinajstić information content (AvgIpc) is 3.59. The second kappa shape index (κ2) is 11.9. The number of hydrogen-bond donors (Lipinski definition) is 0. The zero-order chi connectivity index (χ0) is 36.7. The molecule has 51 heavy (non-hydrogen) atoms. The minimum Gasteiger partial charge on any atom is -0.457 e. The number of benzene rings is 4. The summed E-state index contributed by atoms with van der Waals surface area (Å²) >= 11 is 0. The van der Waals surface area contributed by atoms with Crippen molar-refractivity contribution in [2.45, 2.75) is 105 Å². The van der Waals surface area contributed by atoms with Gasteiger partial charge in [0.1, 0.15) is 17.3 Å². The van der Waals surface area contributed by atoms with Crippen LogP contribution in [-0.4, -0.2) is 21.8 Å². The van der Waals surface area contributed by atoms with Crippen molar-refractivity contribution in [2.75, 3.05) is 16.5 Å². The predicted molar refractivity (Wildman–Crippen MR) is 217 cm³/mol. The van der Waals surface area contributed by atoms with Crippen molar-refractivity contribution >= 4 is 38.9 Å². The molecule has 0 radical (unpaired) electrons. The van der Waals surface area contributed by atoms with E-state index in [4.69, 9.17) is 9.72 Å². The van der Waals surface area contributed by atoms with Crippen LogP contribution >= 0.6 is 0 Å². The molecule has 1 aliphatic heterocycles. The van der Waals surface area contributed by atoms with Crippen molar-refractivity contribution in [1.82, 2.24) is 9.55 Å². The van der Waals surface area contributed by atoms with Gasteiger partial charge in [-0.1, -0.05) is 80.5 Å². The van der Waals surface area contributed by atoms with Gasteiger partial charge in [-0.3, -0.25) is 4.57 Å². The summed E-state index contributed by atoms with van der Waals surface area (Å²) in [5.74, 6) is 2.54. The van der Waals surface area contributed by atoms with Crippen molar-refractivity contribution in [3.63, 3.8) is 0 Å². The van der Waals surface area contributed by atoms with E-state index in [9.17, 15) is 0 Å². The fourth-order valence-corrected chi connectivity index (χ4v) is 7.16. The second-order valence-corrected chi connectivity index (χ2v) is 18.4. The van der Waals surface area contributed by atoms with Crippen LogP contribution in [-0.2, 0) is 16.2 Å². The van der Waals surface area contributed by atoms with Crippen LogP contribution in [0.15, 0.2) is 97.2 Å². The van der Waals surface area contributed by atoms with E-state index in [0.717, 1.165) is 40.7 Å². The summed E-state index contributed by atoms with van der Waals surface area (Å²) in [5.41, 5.74) is 9.56. The largest absolute Gasteiger partial charge is 0.457 e. The number of hydrogen-bond acceptors (Lipinski definition) is 4. The molecule has 0 atom stereocenters. The van der Waals surface area contributed by atoms with Gasteiger partial charge in [-0.25, -0.2) is 4.98 Å². The van der Waals surface area contributed by atoms with Gasteiger partial charge in [0.25, 0.3) is 0 Å². The van der Waals surface area contributed by atoms with E-state index in [2.05, 4.69) is 188 Å². The number of fused-ring (bicyclic) bond motifs is 4. The first-order valence-electron chi connectivity index (χ1n) is 18.3. The van der Waals surface area contributed by atoms with Crippen LogP contribution in [0.2, 0.25) is 0 Å². The van der Waals surface area contributed by atoms with Gasteiger partial charge in [-0.15, -0.1) is 0 Å². The van der Waals surface area contributed by atoms with Crippen molar-refractivity contribution in [1.29, 1.82) is 0 Å². The Morgan fingerprint density at radius 1 is 0.549 bits per heavy atom. The molecule has 2 aromatic heterocycles. The van der Waals surface area contributed by atoms with Gasteiger partial charge in [0.15, 0.2) is 0 Å². The van der Waals surface area contributed by atoms with Crippen molar-refractivity contribution in [2.24, 2.45) is 0 Å². The zero-order valence-corrected chi connectivity index (χ0v) is 32.6. The molecular weight excluding hydrogens is 625 g/mol. The van der Waals surface area contributed by atoms with Crippen LogP contribution < -0.4 is 14.5 Å². The van der Waals surface area contributed by atoms with Crippen molar-refractivity contribution in [3.8, 4) is 17.3 Å². The Kier molecular flexibility index (Phi) is 8.09. The number of nitrogens with zero attached hydrogens (tertiary/aromatic N) is 4. The topological polar surface area (TPSA) is 33.5 Å². The Balaban J connectivity index is 1.37. The summed E-state index contributed by atoms with van der Waals surface area (Å²) in [6.45, 7) is 28.0. The standard InChI is InChI=1S/C46H54N4O/c1-43(2,3)30-17-20-38-37(25-30)36-19-18-34(28-41(36)50(38)42-26-31(21-22-47-42)44(4,5)6)51-35-24-32(45(7,8)9)23-33(27-35)48-29-49(46(10,11)12)40-16-14-13-15-39(40)48/h13-28H,29H2,1-12H3. The molecule has 0 unspecified atom stereocenters. The molecule has 0 saturated heterocycles. The maximum Gasteiger partial charge on any atom is 0.137 e. The summed E-state index contributed by atoms with van der Waals surface area (Å²) in [5, 5.41) is 2.41. The molecule has 0 bridgehead atoms. The first-order chi connectivity index (χ1) is 23.8. The van der Waals surface area contributed by atoms with E-state index in [1.165, 1.54) is 38.8 Å². The Morgan fingerprint density at radius 3 is 1.88 bits per heavy atom.